The zero-order valence-electron chi connectivity index (χ0n) is 38.8. The molecule has 0 saturated carbocycles. The highest BCUT2D eigenvalue weighted by atomic mass is 14.7. The highest BCUT2D eigenvalue weighted by Crippen LogP contribution is 2.44. The van der Waals surface area contributed by atoms with E-state index in [0.717, 1.165) is 18.4 Å². The van der Waals surface area contributed by atoms with Gasteiger partial charge in [0.05, 0.1) is 6.54 Å². The van der Waals surface area contributed by atoms with E-state index in [1.807, 2.05) is 40.0 Å². The second-order valence-electron chi connectivity index (χ2n) is 16.2. The largest absolute Gasteiger partial charge is 0.288 e. The van der Waals surface area contributed by atoms with Crippen LogP contribution >= 0.6 is 0 Å². The molecule has 0 saturated heterocycles. The first-order valence-corrected chi connectivity index (χ1v) is 23.5. The van der Waals surface area contributed by atoms with Gasteiger partial charge in [0.15, 0.2) is 0 Å². The van der Waals surface area contributed by atoms with Crippen LogP contribution in [0.25, 0.3) is 55.8 Å². The summed E-state index contributed by atoms with van der Waals surface area (Å²) >= 11 is 0. The van der Waals surface area contributed by atoms with E-state index < -0.39 is 0 Å². The molecule has 0 unspecified atom stereocenters. The summed E-state index contributed by atoms with van der Waals surface area (Å²) in [5.74, 6) is 0.656. The minimum Gasteiger partial charge on any atom is -0.288 e. The molecule has 1 nitrogen and oxygen atoms in total. The molecule has 1 heteroatoms. The fourth-order valence-corrected chi connectivity index (χ4v) is 9.24. The number of nitrogens with zero attached hydrogens (tertiary/aromatic N) is 1. The van der Waals surface area contributed by atoms with E-state index in [0.29, 0.717) is 12.5 Å². The van der Waals surface area contributed by atoms with Gasteiger partial charge in [-0.05, 0) is 158 Å². The highest BCUT2D eigenvalue weighted by molar-refractivity contribution is 5.97. The molecule has 320 valence electrons. The zero-order chi connectivity index (χ0) is 44.6. The van der Waals surface area contributed by atoms with Crippen molar-refractivity contribution in [1.82, 2.24) is 0 Å². The van der Waals surface area contributed by atoms with Crippen molar-refractivity contribution < 1.29 is 0 Å². The summed E-state index contributed by atoms with van der Waals surface area (Å²) in [5, 5.41) is 2.55. The minimum atomic E-state index is 0.656. The lowest BCUT2D eigenvalue weighted by atomic mass is 9.87. The first kappa shape index (κ1) is 46.2. The number of rotatable bonds is 7. The Balaban J connectivity index is 0.000000250. The molecule has 7 aromatic carbocycles. The molecule has 3 aliphatic rings. The number of hydrogen-bond acceptors (Lipinski definition) is 1. The smallest absolute Gasteiger partial charge is 0.0639 e. The molecule has 10 rings (SSSR count). The third kappa shape index (κ3) is 11.0. The molecule has 0 bridgehead atoms. The maximum atomic E-state index is 4.81. The number of benzene rings is 7. The maximum absolute atomic E-state index is 4.81. The summed E-state index contributed by atoms with van der Waals surface area (Å²) in [4.78, 5) is 4.81. The number of fused-ring (bicyclic) bond motifs is 4. The van der Waals surface area contributed by atoms with Gasteiger partial charge in [0.25, 0.3) is 0 Å². The van der Waals surface area contributed by atoms with Gasteiger partial charge in [0.2, 0.25) is 0 Å². The fourth-order valence-electron chi connectivity index (χ4n) is 9.24. The van der Waals surface area contributed by atoms with Gasteiger partial charge in [-0.25, -0.2) is 0 Å². The molecular weight excluding hydrogens is 759 g/mol. The molecule has 0 aliphatic heterocycles. The van der Waals surface area contributed by atoms with E-state index >= 15 is 0 Å². The molecule has 0 spiro atoms. The van der Waals surface area contributed by atoms with E-state index in [2.05, 4.69) is 185 Å². The Bertz CT molecular complexity index is 2650. The molecule has 0 radical (unpaired) electrons. The van der Waals surface area contributed by atoms with Gasteiger partial charge in [-0.1, -0.05) is 193 Å². The van der Waals surface area contributed by atoms with Crippen LogP contribution in [0, 0.1) is 0 Å². The molecule has 3 aliphatic carbocycles. The van der Waals surface area contributed by atoms with Crippen molar-refractivity contribution in [3.63, 3.8) is 0 Å². The Hall–Kier alpha value is -6.31. The van der Waals surface area contributed by atoms with Crippen molar-refractivity contribution in [2.45, 2.75) is 99.0 Å². The molecule has 0 heterocycles. The first-order valence-electron chi connectivity index (χ1n) is 23.5. The highest BCUT2D eigenvalue weighted by Gasteiger charge is 2.26. The fraction of sp³-hybridized carbons (Fsp3) is 0.242. The van der Waals surface area contributed by atoms with Crippen molar-refractivity contribution in [3.8, 4) is 33.4 Å². The van der Waals surface area contributed by atoms with E-state index in [1.165, 1.54) is 92.9 Å². The normalized spacial score (nSPS) is 13.3. The molecule has 0 aromatic heterocycles. The second-order valence-corrected chi connectivity index (χ2v) is 16.2. The average molecular weight is 826 g/mol. The van der Waals surface area contributed by atoms with Gasteiger partial charge < -0.3 is 0 Å². The van der Waals surface area contributed by atoms with Crippen LogP contribution in [-0.2, 0) is 19.4 Å². The topological polar surface area (TPSA) is 12.4 Å². The quantitative estimate of drug-likeness (QED) is 0.112. The molecule has 0 fully saturated rings. The van der Waals surface area contributed by atoms with E-state index in [4.69, 9.17) is 4.99 Å². The second kappa shape index (κ2) is 23.2. The SMILES string of the molecule is C1=Cc2c(cccc2-c2cc(C=NCc3ccccc3)cc(-c3ccc(-c4cccc5ccccc45)cc3)c2)CC1.C=C.CC.CC.CC(C)c1cccc2c1C1=C(CCCC1)C2. The summed E-state index contributed by atoms with van der Waals surface area (Å²) in [6.45, 7) is 19.3. The minimum absolute atomic E-state index is 0.656. The number of aryl methyl sites for hydroxylation is 1. The standard InChI is InChI=1S/C40H31N.C16H20.2C2H6.C2H4/c1-2-10-29(11-3-1)27-41-28-30-24-35(26-36(25-30)40-19-9-15-33-13-5-7-17-38(33)40)31-20-22-34(23-21-31)39-18-8-14-32-12-4-6-16-37(32)39;1-11(2)14-9-5-7-13-10-12-6-3-4-8-15(12)16(13)14;3*1-2/h1-4,6-12,14-26,28H,5,13,27H2;5,7,9,11H,3-4,6,8,10H2,1-2H3;2*1-2H3;1-2H2. The van der Waals surface area contributed by atoms with Crippen LogP contribution < -0.4 is 0 Å². The molecule has 7 aromatic rings. The Kier molecular flexibility index (Phi) is 17.0. The third-order valence-corrected chi connectivity index (χ3v) is 12.1. The van der Waals surface area contributed by atoms with Crippen LogP contribution in [0.5, 0.6) is 0 Å². The first-order chi connectivity index (χ1) is 31.1. The van der Waals surface area contributed by atoms with Crippen LogP contribution in [0.2, 0.25) is 0 Å². The van der Waals surface area contributed by atoms with E-state index in [-0.39, 0.29) is 0 Å². The number of allylic oxidation sites excluding steroid dienone is 3. The summed E-state index contributed by atoms with van der Waals surface area (Å²) in [7, 11) is 0. The Morgan fingerprint density at radius 3 is 2.03 bits per heavy atom. The van der Waals surface area contributed by atoms with Crippen molar-refractivity contribution >= 4 is 28.6 Å². The van der Waals surface area contributed by atoms with Crippen LogP contribution in [-0.4, -0.2) is 6.21 Å². The summed E-state index contributed by atoms with van der Waals surface area (Å²) in [6, 6.07) is 55.1. The predicted octanol–water partition coefficient (Wildman–Crippen LogP) is 18.0. The van der Waals surface area contributed by atoms with Crippen molar-refractivity contribution in [2.75, 3.05) is 0 Å². The van der Waals surface area contributed by atoms with Gasteiger partial charge in [0, 0.05) is 6.21 Å². The van der Waals surface area contributed by atoms with Gasteiger partial charge in [-0.15, -0.1) is 13.2 Å². The molecular formula is C62H67N. The predicted molar refractivity (Wildman–Crippen MR) is 279 cm³/mol. The van der Waals surface area contributed by atoms with Gasteiger partial charge in [-0.2, -0.15) is 0 Å². The molecule has 63 heavy (non-hydrogen) atoms. The summed E-state index contributed by atoms with van der Waals surface area (Å²) < 4.78 is 0. The maximum Gasteiger partial charge on any atom is 0.0639 e. The Morgan fingerprint density at radius 1 is 0.587 bits per heavy atom. The molecule has 0 N–H and O–H groups in total. The van der Waals surface area contributed by atoms with E-state index in [1.54, 1.807) is 27.8 Å². The summed E-state index contributed by atoms with van der Waals surface area (Å²) in [5.41, 5.74) is 20.8. The number of hydrogen-bond donors (Lipinski definition) is 0. The van der Waals surface area contributed by atoms with Crippen LogP contribution in [0.4, 0.5) is 0 Å². The zero-order valence-corrected chi connectivity index (χ0v) is 38.8. The summed E-state index contributed by atoms with van der Waals surface area (Å²) in [6.07, 6.45) is 15.5. The van der Waals surface area contributed by atoms with E-state index in [9.17, 15) is 0 Å². The van der Waals surface area contributed by atoms with Crippen molar-refractivity contribution in [2.24, 2.45) is 4.99 Å². The van der Waals surface area contributed by atoms with Gasteiger partial charge in [0.1, 0.15) is 0 Å². The van der Waals surface area contributed by atoms with Crippen LogP contribution in [0.3, 0.4) is 0 Å². The number of aliphatic imine (C=N–C) groups is 1. The van der Waals surface area contributed by atoms with Gasteiger partial charge >= 0.3 is 0 Å². The lowest BCUT2D eigenvalue weighted by Gasteiger charge is -2.18. The van der Waals surface area contributed by atoms with Crippen molar-refractivity contribution in [1.29, 1.82) is 0 Å². The Morgan fingerprint density at radius 2 is 1.24 bits per heavy atom. The monoisotopic (exact) mass is 826 g/mol. The lowest BCUT2D eigenvalue weighted by molar-refractivity contribution is 0.710. The lowest BCUT2D eigenvalue weighted by Crippen LogP contribution is -1.98. The third-order valence-electron chi connectivity index (χ3n) is 12.1. The van der Waals surface area contributed by atoms with Crippen LogP contribution in [0.1, 0.15) is 119 Å². The molecule has 0 amide bonds. The average Bonchev–Trinajstić information content (AvgIpc) is 3.75. The van der Waals surface area contributed by atoms with Crippen LogP contribution in [0.15, 0.2) is 181 Å². The van der Waals surface area contributed by atoms with Gasteiger partial charge in [-0.3, -0.25) is 4.99 Å². The van der Waals surface area contributed by atoms with Crippen molar-refractivity contribution in [3.05, 3.63) is 215 Å². The Labute approximate surface area is 379 Å². The molecule has 0 atom stereocenters.